The predicted octanol–water partition coefficient (Wildman–Crippen LogP) is 2.45. The van der Waals surface area contributed by atoms with E-state index >= 15 is 0 Å². The molecule has 4 fully saturated rings. The highest BCUT2D eigenvalue weighted by Gasteiger charge is 2.52. The van der Waals surface area contributed by atoms with E-state index in [4.69, 9.17) is 0 Å². The molecular formula is C36H53N7O6. The molecule has 0 unspecified atom stereocenters. The third-order valence-corrected chi connectivity index (χ3v) is 10.7. The molecule has 49 heavy (non-hydrogen) atoms. The Morgan fingerprint density at radius 1 is 0.898 bits per heavy atom. The van der Waals surface area contributed by atoms with Crippen molar-refractivity contribution in [2.75, 3.05) is 6.54 Å². The number of hydrogen-bond donors (Lipinski definition) is 4. The molecule has 1 saturated heterocycles. The Bertz CT molecular complexity index is 1390. The number of carbonyl (C=O) groups excluding carboxylic acids is 6. The van der Waals surface area contributed by atoms with Crippen molar-refractivity contribution in [2.24, 2.45) is 23.2 Å². The van der Waals surface area contributed by atoms with Crippen molar-refractivity contribution in [1.29, 1.82) is 0 Å². The molecule has 4 N–H and O–H groups in total. The molecule has 13 nitrogen and oxygen atoms in total. The Hall–Kier alpha value is -3.90. The van der Waals surface area contributed by atoms with E-state index in [2.05, 4.69) is 31.2 Å². The molecule has 5 rings (SSSR count). The number of rotatable bonds is 13. The number of nitrogens with one attached hydrogen (secondary N) is 4. The molecule has 4 aliphatic rings. The number of amides is 5. The highest BCUT2D eigenvalue weighted by atomic mass is 16.2. The van der Waals surface area contributed by atoms with Crippen LogP contribution in [0.15, 0.2) is 18.6 Å². The van der Waals surface area contributed by atoms with Crippen LogP contribution >= 0.6 is 0 Å². The van der Waals surface area contributed by atoms with Gasteiger partial charge in [-0.3, -0.25) is 33.8 Å². The van der Waals surface area contributed by atoms with Gasteiger partial charge in [-0.15, -0.1) is 0 Å². The number of likely N-dealkylation sites (tertiary alicyclic amines) is 1. The SMILES string of the molecule is CCC[C@@H](NC(=O)[C@H]1[C@H]2CCC[C@H]2CN1C(=O)[C@H](NC(=O)[C@H](NC(=O)c1cnccn1)C1CCCCC1)C(C)(C)C)C(=O)C(=O)NC1CC1. The van der Waals surface area contributed by atoms with Crippen molar-refractivity contribution in [2.45, 2.75) is 135 Å². The van der Waals surface area contributed by atoms with Gasteiger partial charge < -0.3 is 26.2 Å². The number of hydrogen-bond acceptors (Lipinski definition) is 8. The Kier molecular flexibility index (Phi) is 11.7. The monoisotopic (exact) mass is 679 g/mol. The predicted molar refractivity (Wildman–Crippen MR) is 181 cm³/mol. The van der Waals surface area contributed by atoms with Gasteiger partial charge in [-0.2, -0.15) is 0 Å². The van der Waals surface area contributed by atoms with Crippen LogP contribution in [0.1, 0.15) is 115 Å². The molecule has 6 atom stereocenters. The molecule has 0 aromatic carbocycles. The van der Waals surface area contributed by atoms with Crippen LogP contribution in [0.4, 0.5) is 0 Å². The molecule has 13 heteroatoms. The lowest BCUT2D eigenvalue weighted by atomic mass is 9.82. The average molecular weight is 680 g/mol. The highest BCUT2D eigenvalue weighted by Crippen LogP contribution is 2.43. The number of fused-ring (bicyclic) bond motifs is 1. The van der Waals surface area contributed by atoms with E-state index in [1.54, 1.807) is 4.90 Å². The summed E-state index contributed by atoms with van der Waals surface area (Å²) in [6, 6.07) is -3.68. The second kappa shape index (κ2) is 15.8. The van der Waals surface area contributed by atoms with Crippen LogP contribution < -0.4 is 21.3 Å². The number of aromatic nitrogens is 2. The minimum absolute atomic E-state index is 0.0132. The molecule has 2 heterocycles. The smallest absolute Gasteiger partial charge is 0.289 e. The van der Waals surface area contributed by atoms with Crippen LogP contribution in [0.3, 0.4) is 0 Å². The summed E-state index contributed by atoms with van der Waals surface area (Å²) >= 11 is 0. The summed E-state index contributed by atoms with van der Waals surface area (Å²) < 4.78 is 0. The van der Waals surface area contributed by atoms with Crippen LogP contribution in [-0.4, -0.2) is 86.9 Å². The molecule has 1 aromatic heterocycles. The lowest BCUT2D eigenvalue weighted by molar-refractivity contribution is -0.146. The van der Waals surface area contributed by atoms with Crippen LogP contribution in [-0.2, 0) is 24.0 Å². The van der Waals surface area contributed by atoms with Crippen molar-refractivity contribution in [3.05, 3.63) is 24.3 Å². The van der Waals surface area contributed by atoms with Gasteiger partial charge in [0.1, 0.15) is 23.8 Å². The first-order chi connectivity index (χ1) is 23.4. The molecular weight excluding hydrogens is 626 g/mol. The molecule has 1 aliphatic heterocycles. The summed E-state index contributed by atoms with van der Waals surface area (Å²) in [5.74, 6) is -3.20. The van der Waals surface area contributed by atoms with Crippen molar-refractivity contribution in [3.63, 3.8) is 0 Å². The second-order valence-electron chi connectivity index (χ2n) is 15.5. The lowest BCUT2D eigenvalue weighted by Gasteiger charge is -2.38. The first kappa shape index (κ1) is 36.4. The van der Waals surface area contributed by atoms with Crippen molar-refractivity contribution >= 4 is 35.3 Å². The second-order valence-corrected chi connectivity index (χ2v) is 15.5. The molecule has 5 amide bonds. The maximum atomic E-state index is 14.6. The Morgan fingerprint density at radius 2 is 1.63 bits per heavy atom. The Morgan fingerprint density at radius 3 is 2.27 bits per heavy atom. The average Bonchev–Trinajstić information content (AvgIpc) is 3.65. The van der Waals surface area contributed by atoms with Gasteiger partial charge in [0, 0.05) is 25.0 Å². The van der Waals surface area contributed by atoms with Crippen molar-refractivity contribution in [3.8, 4) is 0 Å². The van der Waals surface area contributed by atoms with E-state index in [9.17, 15) is 28.8 Å². The number of Topliss-reactive ketones (excluding diaryl/α,β-unsaturated/α-hetero) is 1. The standard InChI is InChI=1S/C36H53N7O6/c1-5-10-25(29(44)34(48)39-23-15-16-23)40-33(47)28-24-14-9-13-22(24)20-43(28)35(49)30(36(2,3)4)42-32(46)27(21-11-7-6-8-12-21)41-31(45)26-19-37-17-18-38-26/h17-19,21-25,27-28,30H,5-16,20H2,1-4H3,(H,39,48)(H,40,47)(H,41,45)(H,42,46)/t22-,24-,25+,27+,28+,30-/m0/s1. The fourth-order valence-corrected chi connectivity index (χ4v) is 7.87. The van der Waals surface area contributed by atoms with Gasteiger partial charge in [-0.05, 0) is 68.1 Å². The Balaban J connectivity index is 1.36. The molecule has 3 aliphatic carbocycles. The molecule has 0 spiro atoms. The zero-order valence-corrected chi connectivity index (χ0v) is 29.3. The van der Waals surface area contributed by atoms with E-state index in [0.29, 0.717) is 19.4 Å². The first-order valence-corrected chi connectivity index (χ1v) is 18.2. The summed E-state index contributed by atoms with van der Waals surface area (Å²) in [6.45, 7) is 7.85. The zero-order chi connectivity index (χ0) is 35.3. The first-order valence-electron chi connectivity index (χ1n) is 18.2. The van der Waals surface area contributed by atoms with Gasteiger partial charge in [-0.25, -0.2) is 4.98 Å². The van der Waals surface area contributed by atoms with Gasteiger partial charge >= 0.3 is 0 Å². The largest absolute Gasteiger partial charge is 0.347 e. The molecule has 268 valence electrons. The normalized spacial score (nSPS) is 24.2. The van der Waals surface area contributed by atoms with Gasteiger partial charge in [0.25, 0.3) is 11.8 Å². The van der Waals surface area contributed by atoms with Gasteiger partial charge in [-0.1, -0.05) is 59.8 Å². The third kappa shape index (κ3) is 8.83. The summed E-state index contributed by atoms with van der Waals surface area (Å²) in [5.41, 5.74) is -0.638. The number of ketones is 1. The zero-order valence-electron chi connectivity index (χ0n) is 29.3. The Labute approximate surface area is 288 Å². The lowest BCUT2D eigenvalue weighted by Crippen LogP contribution is -2.62. The van der Waals surface area contributed by atoms with Crippen LogP contribution in [0.5, 0.6) is 0 Å². The third-order valence-electron chi connectivity index (χ3n) is 10.7. The quantitative estimate of drug-likeness (QED) is 0.230. The van der Waals surface area contributed by atoms with E-state index in [-0.39, 0.29) is 35.4 Å². The van der Waals surface area contributed by atoms with E-state index < -0.39 is 59.0 Å². The molecule has 0 bridgehead atoms. The van der Waals surface area contributed by atoms with Crippen LogP contribution in [0.2, 0.25) is 0 Å². The maximum Gasteiger partial charge on any atom is 0.289 e. The number of nitrogens with zero attached hydrogens (tertiary/aromatic N) is 3. The number of carbonyl (C=O) groups is 6. The van der Waals surface area contributed by atoms with E-state index in [0.717, 1.165) is 64.2 Å². The fraction of sp³-hybridized carbons (Fsp3) is 0.722. The summed E-state index contributed by atoms with van der Waals surface area (Å²) in [4.78, 5) is 91.4. The van der Waals surface area contributed by atoms with Gasteiger partial charge in [0.2, 0.25) is 23.5 Å². The van der Waals surface area contributed by atoms with Crippen molar-refractivity contribution in [1.82, 2.24) is 36.1 Å². The van der Waals surface area contributed by atoms with Crippen molar-refractivity contribution < 1.29 is 28.8 Å². The van der Waals surface area contributed by atoms with Gasteiger partial charge in [0.15, 0.2) is 0 Å². The van der Waals surface area contributed by atoms with Crippen LogP contribution in [0.25, 0.3) is 0 Å². The summed E-state index contributed by atoms with van der Waals surface area (Å²) in [6.07, 6.45) is 13.9. The van der Waals surface area contributed by atoms with Gasteiger partial charge in [0.05, 0.1) is 12.2 Å². The van der Waals surface area contributed by atoms with E-state index in [1.165, 1.54) is 18.6 Å². The molecule has 0 radical (unpaired) electrons. The molecule has 3 saturated carbocycles. The summed E-state index contributed by atoms with van der Waals surface area (Å²) in [5, 5.41) is 11.5. The minimum Gasteiger partial charge on any atom is -0.347 e. The van der Waals surface area contributed by atoms with Crippen LogP contribution in [0, 0.1) is 23.2 Å². The topological polar surface area (TPSA) is 180 Å². The molecule has 1 aromatic rings. The fourth-order valence-electron chi connectivity index (χ4n) is 7.87. The highest BCUT2D eigenvalue weighted by molar-refractivity contribution is 6.38. The summed E-state index contributed by atoms with van der Waals surface area (Å²) in [7, 11) is 0. The van der Waals surface area contributed by atoms with E-state index in [1.807, 2.05) is 27.7 Å². The maximum absolute atomic E-state index is 14.6. The minimum atomic E-state index is -0.994.